The minimum atomic E-state index is -0.535. The van der Waals surface area contributed by atoms with E-state index in [-0.39, 0.29) is 30.5 Å². The Balaban J connectivity index is 1.85. The number of nitrogens with two attached hydrogens (primary N) is 1. The molecule has 1 aromatic rings. The van der Waals surface area contributed by atoms with E-state index in [9.17, 15) is 9.59 Å². The van der Waals surface area contributed by atoms with Crippen LogP contribution < -0.4 is 16.4 Å². The molecular formula is C19H29N3O3. The van der Waals surface area contributed by atoms with Crippen molar-refractivity contribution in [1.82, 2.24) is 10.6 Å². The van der Waals surface area contributed by atoms with Crippen molar-refractivity contribution >= 4 is 12.0 Å². The van der Waals surface area contributed by atoms with Gasteiger partial charge in [-0.2, -0.15) is 0 Å². The van der Waals surface area contributed by atoms with Crippen molar-refractivity contribution in [3.8, 4) is 0 Å². The number of hydrogen-bond acceptors (Lipinski definition) is 4. The minimum Gasteiger partial charge on any atom is -0.445 e. The lowest BCUT2D eigenvalue weighted by atomic mass is 9.90. The predicted octanol–water partition coefficient (Wildman–Crippen LogP) is 2.32. The van der Waals surface area contributed by atoms with E-state index in [4.69, 9.17) is 10.5 Å². The van der Waals surface area contributed by atoms with Crippen molar-refractivity contribution in [2.75, 3.05) is 0 Å². The van der Waals surface area contributed by atoms with Crippen LogP contribution in [0.5, 0.6) is 0 Å². The van der Waals surface area contributed by atoms with Gasteiger partial charge >= 0.3 is 6.09 Å². The smallest absolute Gasteiger partial charge is 0.407 e. The summed E-state index contributed by atoms with van der Waals surface area (Å²) < 4.78 is 5.28. The van der Waals surface area contributed by atoms with Crippen LogP contribution in [0.25, 0.3) is 0 Å². The molecule has 6 heteroatoms. The van der Waals surface area contributed by atoms with E-state index in [1.165, 1.54) is 0 Å². The molecule has 1 aliphatic carbocycles. The third kappa shape index (κ3) is 6.05. The van der Waals surface area contributed by atoms with Crippen LogP contribution in [0.1, 0.15) is 45.1 Å². The number of ether oxygens (including phenoxy) is 1. The second-order valence-corrected chi connectivity index (χ2v) is 6.98. The zero-order valence-corrected chi connectivity index (χ0v) is 15.0. The van der Waals surface area contributed by atoms with E-state index in [1.54, 1.807) is 0 Å². The Morgan fingerprint density at radius 2 is 1.72 bits per heavy atom. The molecule has 0 spiro atoms. The van der Waals surface area contributed by atoms with E-state index in [0.717, 1.165) is 31.2 Å². The summed E-state index contributed by atoms with van der Waals surface area (Å²) >= 11 is 0. The van der Waals surface area contributed by atoms with Gasteiger partial charge < -0.3 is 21.1 Å². The predicted molar refractivity (Wildman–Crippen MR) is 96.8 cm³/mol. The second-order valence-electron chi connectivity index (χ2n) is 6.98. The van der Waals surface area contributed by atoms with Crippen LogP contribution in [0.15, 0.2) is 30.3 Å². The van der Waals surface area contributed by atoms with Gasteiger partial charge in [-0.05, 0) is 24.3 Å². The van der Waals surface area contributed by atoms with Crippen LogP contribution in [0.3, 0.4) is 0 Å². The monoisotopic (exact) mass is 347 g/mol. The molecule has 0 bridgehead atoms. The molecule has 0 aliphatic heterocycles. The maximum absolute atomic E-state index is 12.2. The van der Waals surface area contributed by atoms with Gasteiger partial charge in [0, 0.05) is 6.04 Å². The highest BCUT2D eigenvalue weighted by molar-refractivity contribution is 5.82. The summed E-state index contributed by atoms with van der Waals surface area (Å²) in [5.41, 5.74) is 6.85. The summed E-state index contributed by atoms with van der Waals surface area (Å²) in [5, 5.41) is 5.89. The van der Waals surface area contributed by atoms with Gasteiger partial charge in [0.05, 0.1) is 12.1 Å². The Morgan fingerprint density at radius 3 is 2.32 bits per heavy atom. The zero-order chi connectivity index (χ0) is 18.2. The van der Waals surface area contributed by atoms with E-state index in [0.29, 0.717) is 0 Å². The Labute approximate surface area is 149 Å². The highest BCUT2D eigenvalue weighted by Gasteiger charge is 2.30. The SMILES string of the molecule is CC(C)[C@H](N)C(=O)N[C@@H]1CCCC[C@H]1NC(=O)OCc1ccccc1. The molecule has 0 aromatic heterocycles. The van der Waals surface area contributed by atoms with Crippen molar-refractivity contribution < 1.29 is 14.3 Å². The number of carbonyl (C=O) groups excluding carboxylic acids is 2. The summed E-state index contributed by atoms with van der Waals surface area (Å²) in [5.74, 6) is -0.0859. The van der Waals surface area contributed by atoms with E-state index >= 15 is 0 Å². The Hall–Kier alpha value is -2.08. The first kappa shape index (κ1) is 19.2. The molecule has 0 radical (unpaired) electrons. The molecule has 1 aliphatic rings. The molecule has 25 heavy (non-hydrogen) atoms. The van der Waals surface area contributed by atoms with Gasteiger partial charge in [0.2, 0.25) is 5.91 Å². The summed E-state index contributed by atoms with van der Waals surface area (Å²) in [7, 11) is 0. The number of carbonyl (C=O) groups is 2. The minimum absolute atomic E-state index is 0.0748. The first-order valence-corrected chi connectivity index (χ1v) is 9.00. The van der Waals surface area contributed by atoms with Crippen molar-refractivity contribution in [3.63, 3.8) is 0 Å². The maximum Gasteiger partial charge on any atom is 0.407 e. The molecular weight excluding hydrogens is 318 g/mol. The summed E-state index contributed by atoms with van der Waals surface area (Å²) in [6.07, 6.45) is 3.25. The number of hydrogen-bond donors (Lipinski definition) is 3. The summed E-state index contributed by atoms with van der Waals surface area (Å²) in [4.78, 5) is 24.3. The van der Waals surface area contributed by atoms with Gasteiger partial charge in [0.1, 0.15) is 6.61 Å². The highest BCUT2D eigenvalue weighted by atomic mass is 16.5. The van der Waals surface area contributed by atoms with Crippen molar-refractivity contribution in [1.29, 1.82) is 0 Å². The van der Waals surface area contributed by atoms with Crippen molar-refractivity contribution in [3.05, 3.63) is 35.9 Å². The fourth-order valence-electron chi connectivity index (χ4n) is 2.97. The summed E-state index contributed by atoms with van der Waals surface area (Å²) in [6.45, 7) is 4.07. The standard InChI is InChI=1S/C19H29N3O3/c1-13(2)17(20)18(23)21-15-10-6-7-11-16(15)22-19(24)25-12-14-8-4-3-5-9-14/h3-5,8-9,13,15-17H,6-7,10-12,20H2,1-2H3,(H,21,23)(H,22,24)/t15-,16-,17+/m1/s1. The molecule has 1 fully saturated rings. The van der Waals surface area contributed by atoms with Gasteiger partial charge in [-0.25, -0.2) is 4.79 Å². The first-order chi connectivity index (χ1) is 12.0. The lowest BCUT2D eigenvalue weighted by Crippen LogP contribution is -2.56. The van der Waals surface area contributed by atoms with Gasteiger partial charge in [0.15, 0.2) is 0 Å². The molecule has 2 amide bonds. The zero-order valence-electron chi connectivity index (χ0n) is 15.0. The number of benzene rings is 1. The fourth-order valence-corrected chi connectivity index (χ4v) is 2.97. The van der Waals surface area contributed by atoms with Crippen LogP contribution in [-0.2, 0) is 16.1 Å². The van der Waals surface area contributed by atoms with E-state index in [2.05, 4.69) is 10.6 Å². The molecule has 138 valence electrons. The number of amides is 2. The van der Waals surface area contributed by atoms with Gasteiger partial charge in [0.25, 0.3) is 0 Å². The van der Waals surface area contributed by atoms with Crippen LogP contribution in [0.2, 0.25) is 0 Å². The third-order valence-electron chi connectivity index (χ3n) is 4.63. The molecule has 1 aromatic carbocycles. The first-order valence-electron chi connectivity index (χ1n) is 9.00. The molecule has 6 nitrogen and oxygen atoms in total. The summed E-state index contributed by atoms with van der Waals surface area (Å²) in [6, 6.07) is 8.78. The van der Waals surface area contributed by atoms with Gasteiger partial charge in [-0.15, -0.1) is 0 Å². The number of rotatable bonds is 6. The average molecular weight is 347 g/mol. The van der Waals surface area contributed by atoms with Crippen LogP contribution in [-0.4, -0.2) is 30.1 Å². The second kappa shape index (κ2) is 9.42. The lowest BCUT2D eigenvalue weighted by Gasteiger charge is -2.33. The van der Waals surface area contributed by atoms with Crippen LogP contribution in [0, 0.1) is 5.92 Å². The molecule has 0 saturated heterocycles. The Bertz CT molecular complexity index is 562. The fraction of sp³-hybridized carbons (Fsp3) is 0.579. The topological polar surface area (TPSA) is 93.5 Å². The van der Waals surface area contributed by atoms with Gasteiger partial charge in [-0.3, -0.25) is 4.79 Å². The highest BCUT2D eigenvalue weighted by Crippen LogP contribution is 2.19. The Kier molecular flexibility index (Phi) is 7.25. The average Bonchev–Trinajstić information content (AvgIpc) is 2.61. The molecule has 4 N–H and O–H groups in total. The molecule has 1 saturated carbocycles. The lowest BCUT2D eigenvalue weighted by molar-refractivity contribution is -0.124. The van der Waals surface area contributed by atoms with Crippen LogP contribution in [0.4, 0.5) is 4.79 Å². The largest absolute Gasteiger partial charge is 0.445 e. The molecule has 0 heterocycles. The number of nitrogens with one attached hydrogen (secondary N) is 2. The molecule has 3 atom stereocenters. The van der Waals surface area contributed by atoms with Crippen molar-refractivity contribution in [2.24, 2.45) is 11.7 Å². The quantitative estimate of drug-likeness (QED) is 0.736. The normalized spacial score (nSPS) is 21.4. The third-order valence-corrected chi connectivity index (χ3v) is 4.63. The maximum atomic E-state index is 12.2. The molecule has 0 unspecified atom stereocenters. The Morgan fingerprint density at radius 1 is 1.12 bits per heavy atom. The molecule has 2 rings (SSSR count). The van der Waals surface area contributed by atoms with E-state index in [1.807, 2.05) is 44.2 Å². The number of alkyl carbamates (subject to hydrolysis) is 1. The van der Waals surface area contributed by atoms with Gasteiger partial charge in [-0.1, -0.05) is 57.0 Å². The van der Waals surface area contributed by atoms with E-state index < -0.39 is 12.1 Å². The van der Waals surface area contributed by atoms with Crippen LogP contribution >= 0.6 is 0 Å². The van der Waals surface area contributed by atoms with Crippen molar-refractivity contribution in [2.45, 2.75) is 64.3 Å².